The third-order valence-electron chi connectivity index (χ3n) is 5.07. The van der Waals surface area contributed by atoms with E-state index in [0.717, 1.165) is 29.2 Å². The number of hydrogen-bond acceptors (Lipinski definition) is 3. The molecule has 1 aliphatic heterocycles. The molecule has 0 aromatic heterocycles. The van der Waals surface area contributed by atoms with Gasteiger partial charge in [0.05, 0.1) is 11.6 Å². The minimum Gasteiger partial charge on any atom is -0.503 e. The molecule has 1 amide bonds. The molecular weight excluding hydrogens is 338 g/mol. The summed E-state index contributed by atoms with van der Waals surface area (Å²) in [5.74, 6) is -0.804. The number of aliphatic hydroxyl groups is 1. The van der Waals surface area contributed by atoms with Gasteiger partial charge in [0, 0.05) is 13.0 Å². The third kappa shape index (κ3) is 3.61. The van der Waals surface area contributed by atoms with E-state index < -0.39 is 11.9 Å². The van der Waals surface area contributed by atoms with Crippen LogP contribution in [0.2, 0.25) is 0 Å². The normalized spacial score (nSPS) is 17.4. The molecule has 4 heteroatoms. The van der Waals surface area contributed by atoms with Crippen molar-refractivity contribution >= 4 is 22.5 Å². The van der Waals surface area contributed by atoms with Crippen molar-refractivity contribution in [3.8, 4) is 0 Å². The van der Waals surface area contributed by atoms with E-state index in [2.05, 4.69) is 6.92 Å². The summed E-state index contributed by atoms with van der Waals surface area (Å²) in [6, 6.07) is 13.3. The minimum absolute atomic E-state index is 0.146. The zero-order valence-corrected chi connectivity index (χ0v) is 16.2. The Kier molecular flexibility index (Phi) is 5.64. The molecule has 0 aliphatic carbocycles. The molecule has 1 atom stereocenters. The van der Waals surface area contributed by atoms with Crippen molar-refractivity contribution < 1.29 is 14.7 Å². The number of unbranched alkanes of at least 4 members (excludes halogenated alkanes) is 1. The first kappa shape index (κ1) is 19.2. The summed E-state index contributed by atoms with van der Waals surface area (Å²) >= 11 is 0. The molecule has 3 rings (SSSR count). The van der Waals surface area contributed by atoms with Crippen molar-refractivity contribution in [3.05, 3.63) is 59.4 Å². The third-order valence-corrected chi connectivity index (χ3v) is 5.07. The molecular formula is C23H27NO3. The Balaban J connectivity index is 2.15. The lowest BCUT2D eigenvalue weighted by atomic mass is 9.89. The van der Waals surface area contributed by atoms with E-state index >= 15 is 0 Å². The van der Waals surface area contributed by atoms with Gasteiger partial charge in [0.15, 0.2) is 11.5 Å². The van der Waals surface area contributed by atoms with Crippen molar-refractivity contribution in [1.29, 1.82) is 0 Å². The molecule has 1 aliphatic rings. The van der Waals surface area contributed by atoms with Crippen LogP contribution in [0.1, 0.15) is 51.6 Å². The highest BCUT2D eigenvalue weighted by Crippen LogP contribution is 2.41. The first-order chi connectivity index (χ1) is 13.0. The summed E-state index contributed by atoms with van der Waals surface area (Å²) in [4.78, 5) is 27.4. The maximum Gasteiger partial charge on any atom is 0.290 e. The first-order valence-electron chi connectivity index (χ1n) is 9.70. The summed E-state index contributed by atoms with van der Waals surface area (Å²) in [5.41, 5.74) is 1.15. The van der Waals surface area contributed by atoms with Crippen LogP contribution >= 0.6 is 0 Å². The molecule has 0 spiro atoms. The van der Waals surface area contributed by atoms with Crippen molar-refractivity contribution in [2.75, 3.05) is 6.54 Å². The zero-order chi connectivity index (χ0) is 19.6. The number of carbonyl (C=O) groups excluding carboxylic acids is 2. The van der Waals surface area contributed by atoms with Crippen LogP contribution in [-0.2, 0) is 9.59 Å². The number of benzene rings is 2. The van der Waals surface area contributed by atoms with E-state index in [1.165, 1.54) is 0 Å². The fourth-order valence-electron chi connectivity index (χ4n) is 3.79. The number of Topliss-reactive ketones (excluding diaryl/α,β-unsaturated/α-hetero) is 1. The van der Waals surface area contributed by atoms with Crippen molar-refractivity contribution in [1.82, 2.24) is 4.90 Å². The average molecular weight is 365 g/mol. The topological polar surface area (TPSA) is 57.6 Å². The molecule has 1 unspecified atom stereocenters. The van der Waals surface area contributed by atoms with Gasteiger partial charge in [-0.05, 0) is 28.7 Å². The molecule has 0 radical (unpaired) electrons. The van der Waals surface area contributed by atoms with Crippen molar-refractivity contribution in [3.63, 3.8) is 0 Å². The van der Waals surface area contributed by atoms with Crippen LogP contribution in [0.15, 0.2) is 53.8 Å². The van der Waals surface area contributed by atoms with Crippen molar-refractivity contribution in [2.45, 2.75) is 46.1 Å². The molecule has 0 saturated carbocycles. The summed E-state index contributed by atoms with van der Waals surface area (Å²) in [6.45, 7) is 6.51. The highest BCUT2D eigenvalue weighted by molar-refractivity contribution is 6.09. The van der Waals surface area contributed by atoms with Crippen LogP contribution in [-0.4, -0.2) is 28.2 Å². The lowest BCUT2D eigenvalue weighted by Gasteiger charge is -2.28. The number of hydrogen-bond donors (Lipinski definition) is 1. The van der Waals surface area contributed by atoms with Gasteiger partial charge in [-0.25, -0.2) is 0 Å². The summed E-state index contributed by atoms with van der Waals surface area (Å²) in [5, 5.41) is 12.6. The fraction of sp³-hybridized carbons (Fsp3) is 0.391. The smallest absolute Gasteiger partial charge is 0.290 e. The lowest BCUT2D eigenvalue weighted by molar-refractivity contribution is -0.129. The highest BCUT2D eigenvalue weighted by atomic mass is 16.3. The quantitative estimate of drug-likeness (QED) is 0.755. The predicted octanol–water partition coefficient (Wildman–Crippen LogP) is 4.95. The summed E-state index contributed by atoms with van der Waals surface area (Å²) in [7, 11) is 0. The van der Waals surface area contributed by atoms with E-state index in [4.69, 9.17) is 0 Å². The van der Waals surface area contributed by atoms with Gasteiger partial charge in [0.25, 0.3) is 5.91 Å². The van der Waals surface area contributed by atoms with Crippen LogP contribution < -0.4 is 0 Å². The second-order valence-corrected chi connectivity index (χ2v) is 7.61. The molecule has 2 aromatic rings. The van der Waals surface area contributed by atoms with E-state index in [-0.39, 0.29) is 23.0 Å². The molecule has 1 heterocycles. The molecule has 27 heavy (non-hydrogen) atoms. The molecule has 2 aromatic carbocycles. The first-order valence-corrected chi connectivity index (χ1v) is 9.70. The number of nitrogens with zero attached hydrogens (tertiary/aromatic N) is 1. The Morgan fingerprint density at radius 1 is 1.15 bits per heavy atom. The van der Waals surface area contributed by atoms with Gasteiger partial charge in [-0.3, -0.25) is 9.59 Å². The van der Waals surface area contributed by atoms with Gasteiger partial charge in [0.2, 0.25) is 0 Å². The SMILES string of the molecule is CCCCN1C(=O)C(O)=C(C(=O)CC(C)C)C1c1cccc2ccccc12. The minimum atomic E-state index is -0.526. The Morgan fingerprint density at radius 2 is 1.85 bits per heavy atom. The monoisotopic (exact) mass is 365 g/mol. The number of amides is 1. The van der Waals surface area contributed by atoms with E-state index in [9.17, 15) is 14.7 Å². The average Bonchev–Trinajstić information content (AvgIpc) is 2.89. The molecule has 142 valence electrons. The van der Waals surface area contributed by atoms with Crippen LogP contribution in [0.25, 0.3) is 10.8 Å². The predicted molar refractivity (Wildman–Crippen MR) is 107 cm³/mol. The van der Waals surface area contributed by atoms with Crippen LogP contribution in [0.5, 0.6) is 0 Å². The Labute approximate surface area is 160 Å². The fourth-order valence-corrected chi connectivity index (χ4v) is 3.79. The van der Waals surface area contributed by atoms with Crippen LogP contribution in [0.4, 0.5) is 0 Å². The largest absolute Gasteiger partial charge is 0.503 e. The van der Waals surface area contributed by atoms with Crippen LogP contribution in [0, 0.1) is 5.92 Å². The maximum atomic E-state index is 13.0. The molecule has 1 N–H and O–H groups in total. The molecule has 4 nitrogen and oxygen atoms in total. The van der Waals surface area contributed by atoms with Crippen molar-refractivity contribution in [2.24, 2.45) is 5.92 Å². The van der Waals surface area contributed by atoms with Gasteiger partial charge in [-0.2, -0.15) is 0 Å². The number of fused-ring (bicyclic) bond motifs is 1. The van der Waals surface area contributed by atoms with Crippen LogP contribution in [0.3, 0.4) is 0 Å². The van der Waals surface area contributed by atoms with E-state index in [1.54, 1.807) is 4.90 Å². The highest BCUT2D eigenvalue weighted by Gasteiger charge is 2.43. The zero-order valence-electron chi connectivity index (χ0n) is 16.2. The van der Waals surface area contributed by atoms with Gasteiger partial charge in [0.1, 0.15) is 0 Å². The van der Waals surface area contributed by atoms with Gasteiger partial charge < -0.3 is 10.0 Å². The molecule has 0 saturated heterocycles. The summed E-state index contributed by atoms with van der Waals surface area (Å²) < 4.78 is 0. The maximum absolute atomic E-state index is 13.0. The molecule has 0 fully saturated rings. The van der Waals surface area contributed by atoms with Gasteiger partial charge in [-0.15, -0.1) is 0 Å². The Hall–Kier alpha value is -2.62. The summed E-state index contributed by atoms with van der Waals surface area (Å²) in [6.07, 6.45) is 2.07. The molecule has 0 bridgehead atoms. The standard InChI is InChI=1S/C23H27NO3/c1-4-5-13-24-21(18-12-8-10-16-9-6-7-11-17(16)18)20(22(26)23(24)27)19(25)14-15(2)3/h6-12,15,21,26H,4-5,13-14H2,1-3H3. The second kappa shape index (κ2) is 7.95. The Morgan fingerprint density at radius 3 is 2.56 bits per heavy atom. The number of rotatable bonds is 7. The van der Waals surface area contributed by atoms with Gasteiger partial charge >= 0.3 is 0 Å². The number of aliphatic hydroxyl groups excluding tert-OH is 1. The second-order valence-electron chi connectivity index (χ2n) is 7.61. The number of carbonyl (C=O) groups is 2. The lowest BCUT2D eigenvalue weighted by Crippen LogP contribution is -2.32. The number of ketones is 1. The van der Waals surface area contributed by atoms with E-state index in [1.807, 2.05) is 56.3 Å². The van der Waals surface area contributed by atoms with E-state index in [0.29, 0.717) is 13.0 Å². The Bertz CT molecular complexity index is 892. The van der Waals surface area contributed by atoms with Gasteiger partial charge in [-0.1, -0.05) is 69.7 Å².